The molecule has 13 nitrogen and oxygen atoms in total. The number of aromatic nitrogens is 2. The summed E-state index contributed by atoms with van der Waals surface area (Å²) in [4.78, 5) is 57.4. The number of alkyl carbamates (subject to hydrolysis) is 1. The highest BCUT2D eigenvalue weighted by Gasteiger charge is 2.33. The van der Waals surface area contributed by atoms with E-state index < -0.39 is 35.8 Å². The highest BCUT2D eigenvalue weighted by atomic mass is 19.1. The molecule has 0 radical (unpaired) electrons. The minimum atomic E-state index is -0.650. The van der Waals surface area contributed by atoms with Crippen molar-refractivity contribution < 1.29 is 37.4 Å². The number of cyclic esters (lactones) is 1. The number of amides is 4. The highest BCUT2D eigenvalue weighted by Crippen LogP contribution is 2.28. The van der Waals surface area contributed by atoms with Gasteiger partial charge < -0.3 is 34.3 Å². The van der Waals surface area contributed by atoms with Crippen LogP contribution in [-0.4, -0.2) is 97.3 Å². The first kappa shape index (κ1) is 27.6. The van der Waals surface area contributed by atoms with Crippen LogP contribution in [0.1, 0.15) is 10.5 Å². The quantitative estimate of drug-likeness (QED) is 0.434. The van der Waals surface area contributed by atoms with Gasteiger partial charge in [-0.2, -0.15) is 0 Å². The lowest BCUT2D eigenvalue weighted by Crippen LogP contribution is -2.51. The number of halogens is 2. The number of nitrogens with one attached hydrogen (secondary N) is 2. The van der Waals surface area contributed by atoms with Crippen LogP contribution in [0.4, 0.5) is 29.7 Å². The average Bonchev–Trinajstić information content (AvgIpc) is 3.57. The number of carbonyl (C=O) groups is 4. The van der Waals surface area contributed by atoms with E-state index in [0.717, 1.165) is 0 Å². The molecule has 41 heavy (non-hydrogen) atoms. The van der Waals surface area contributed by atoms with Gasteiger partial charge in [-0.25, -0.2) is 23.4 Å². The Morgan fingerprint density at radius 3 is 2.59 bits per heavy atom. The highest BCUT2D eigenvalue weighted by molar-refractivity contribution is 5.95. The van der Waals surface area contributed by atoms with Crippen LogP contribution in [0.15, 0.2) is 42.7 Å². The van der Waals surface area contributed by atoms with Gasteiger partial charge in [-0.05, 0) is 30.3 Å². The lowest BCUT2D eigenvalue weighted by atomic mass is 10.2. The second kappa shape index (κ2) is 11.7. The van der Waals surface area contributed by atoms with E-state index in [2.05, 4.69) is 20.4 Å². The number of anilines is 2. The van der Waals surface area contributed by atoms with Crippen LogP contribution < -0.4 is 20.4 Å². The molecule has 0 saturated carbocycles. The van der Waals surface area contributed by atoms with Gasteiger partial charge in [-0.15, -0.1) is 0 Å². The van der Waals surface area contributed by atoms with Crippen LogP contribution in [-0.2, 0) is 14.3 Å². The molecule has 15 heteroatoms. The van der Waals surface area contributed by atoms with Crippen molar-refractivity contribution in [2.45, 2.75) is 6.10 Å². The van der Waals surface area contributed by atoms with E-state index in [1.54, 1.807) is 21.9 Å². The van der Waals surface area contributed by atoms with Crippen LogP contribution in [0.5, 0.6) is 0 Å². The smallest absolute Gasteiger partial charge is 0.414 e. The summed E-state index contributed by atoms with van der Waals surface area (Å²) in [5.74, 6) is -1.86. The molecule has 0 spiro atoms. The maximum atomic E-state index is 15.1. The molecule has 216 valence electrons. The molecule has 2 N–H and O–H groups in total. The summed E-state index contributed by atoms with van der Waals surface area (Å²) in [5.41, 5.74) is 1.10. The van der Waals surface area contributed by atoms with Crippen molar-refractivity contribution in [3.63, 3.8) is 0 Å². The van der Waals surface area contributed by atoms with Crippen molar-refractivity contribution >= 4 is 41.0 Å². The van der Waals surface area contributed by atoms with Gasteiger partial charge in [0.15, 0.2) is 0 Å². The Morgan fingerprint density at radius 2 is 1.85 bits per heavy atom. The fourth-order valence-corrected chi connectivity index (χ4v) is 4.66. The molecule has 0 unspecified atom stereocenters. The van der Waals surface area contributed by atoms with Gasteiger partial charge in [0.05, 0.1) is 38.1 Å². The van der Waals surface area contributed by atoms with Crippen LogP contribution in [0.3, 0.4) is 0 Å². The van der Waals surface area contributed by atoms with Crippen molar-refractivity contribution in [2.24, 2.45) is 0 Å². The fraction of sp³-hybridized carbons (Fsp3) is 0.346. The summed E-state index contributed by atoms with van der Waals surface area (Å²) >= 11 is 0. The van der Waals surface area contributed by atoms with Crippen molar-refractivity contribution in [3.8, 4) is 0 Å². The third-order valence-corrected chi connectivity index (χ3v) is 6.80. The van der Waals surface area contributed by atoms with E-state index in [9.17, 15) is 23.6 Å². The SMILES string of the molecule is COC(=O)NC[C@H]1CN(c2ccc(N3CCN(C(=O)CNC(=O)c4cn5cc(F)ccc5n4)CC3)c(F)c2)C(=O)O1. The Morgan fingerprint density at radius 1 is 1.07 bits per heavy atom. The molecular formula is C26H27F2N7O6. The average molecular weight is 572 g/mol. The number of benzene rings is 1. The van der Waals surface area contributed by atoms with Crippen molar-refractivity contribution in [1.82, 2.24) is 24.9 Å². The zero-order valence-corrected chi connectivity index (χ0v) is 22.0. The summed E-state index contributed by atoms with van der Waals surface area (Å²) in [7, 11) is 1.22. The Kier molecular flexibility index (Phi) is 7.85. The molecule has 2 aliphatic rings. The van der Waals surface area contributed by atoms with Crippen LogP contribution in [0.2, 0.25) is 0 Å². The largest absolute Gasteiger partial charge is 0.453 e. The first-order valence-electron chi connectivity index (χ1n) is 12.8. The second-order valence-corrected chi connectivity index (χ2v) is 9.41. The Hall–Kier alpha value is -4.95. The molecule has 4 heterocycles. The van der Waals surface area contributed by atoms with Crippen LogP contribution >= 0.6 is 0 Å². The lowest BCUT2D eigenvalue weighted by molar-refractivity contribution is -0.130. The second-order valence-electron chi connectivity index (χ2n) is 9.41. The van der Waals surface area contributed by atoms with Crippen LogP contribution in [0.25, 0.3) is 5.65 Å². The van der Waals surface area contributed by atoms with Gasteiger partial charge in [-0.3, -0.25) is 14.5 Å². The number of rotatable bonds is 7. The van der Waals surface area contributed by atoms with Gasteiger partial charge >= 0.3 is 12.2 Å². The molecule has 3 aromatic rings. The molecule has 1 atom stereocenters. The van der Waals surface area contributed by atoms with Gasteiger partial charge in [-0.1, -0.05) is 0 Å². The van der Waals surface area contributed by atoms with E-state index in [1.807, 2.05) is 0 Å². The van der Waals surface area contributed by atoms with E-state index in [0.29, 0.717) is 43.2 Å². The van der Waals surface area contributed by atoms with Gasteiger partial charge in [0, 0.05) is 38.6 Å². The summed E-state index contributed by atoms with van der Waals surface area (Å²) in [5, 5.41) is 5.00. The maximum absolute atomic E-state index is 15.1. The first-order valence-corrected chi connectivity index (χ1v) is 12.8. The Bertz CT molecular complexity index is 1490. The van der Waals surface area contributed by atoms with Gasteiger partial charge in [0.2, 0.25) is 5.91 Å². The number of methoxy groups -OCH3 is 1. The number of piperazine rings is 1. The third-order valence-electron chi connectivity index (χ3n) is 6.80. The molecule has 2 aromatic heterocycles. The molecule has 0 aliphatic carbocycles. The number of hydrogen-bond acceptors (Lipinski definition) is 8. The molecule has 5 rings (SSSR count). The number of imidazole rings is 1. The summed E-state index contributed by atoms with van der Waals surface area (Å²) in [6.45, 7) is 1.31. The lowest BCUT2D eigenvalue weighted by Gasteiger charge is -2.36. The number of pyridine rings is 1. The monoisotopic (exact) mass is 571 g/mol. The first-order chi connectivity index (χ1) is 19.7. The summed E-state index contributed by atoms with van der Waals surface area (Å²) < 4.78 is 39.6. The van der Waals surface area contributed by atoms with Crippen molar-refractivity contribution in [2.75, 3.05) is 62.7 Å². The third kappa shape index (κ3) is 6.13. The molecular weight excluding hydrogens is 544 g/mol. The van der Waals surface area contributed by atoms with E-state index in [4.69, 9.17) is 4.74 Å². The Balaban J connectivity index is 1.11. The number of carbonyl (C=O) groups excluding carboxylic acids is 4. The molecule has 2 aliphatic heterocycles. The Labute approximate surface area is 232 Å². The van der Waals surface area contributed by atoms with Crippen molar-refractivity contribution in [3.05, 3.63) is 60.1 Å². The predicted octanol–water partition coefficient (Wildman–Crippen LogP) is 1.37. The fourth-order valence-electron chi connectivity index (χ4n) is 4.66. The van der Waals surface area contributed by atoms with Crippen molar-refractivity contribution in [1.29, 1.82) is 0 Å². The number of ether oxygens (including phenoxy) is 2. The van der Waals surface area contributed by atoms with Gasteiger partial charge in [0.25, 0.3) is 5.91 Å². The zero-order chi connectivity index (χ0) is 29.1. The molecule has 1 aromatic carbocycles. The minimum Gasteiger partial charge on any atom is -0.453 e. The zero-order valence-electron chi connectivity index (χ0n) is 22.0. The standard InChI is InChI=1S/C26H27F2N7O6/c1-40-25(38)30-11-18-14-35(26(39)41-18)17-3-4-21(19(28)10-17)32-6-8-33(9-7-32)23(36)12-29-24(37)20-15-34-13-16(27)2-5-22(34)31-20/h2-5,10,13,15,18H,6-9,11-12,14H2,1H3,(H,29,37)(H,30,38)/t18-/m0/s1. The molecule has 4 amide bonds. The molecule has 0 bridgehead atoms. The predicted molar refractivity (Wildman–Crippen MR) is 141 cm³/mol. The number of nitrogens with zero attached hydrogens (tertiary/aromatic N) is 5. The van der Waals surface area contributed by atoms with E-state index >= 15 is 4.39 Å². The summed E-state index contributed by atoms with van der Waals surface area (Å²) in [6, 6.07) is 7.09. The molecule has 2 saturated heterocycles. The topological polar surface area (TPSA) is 138 Å². The molecule has 2 fully saturated rings. The van der Waals surface area contributed by atoms with E-state index in [1.165, 1.54) is 47.0 Å². The maximum Gasteiger partial charge on any atom is 0.414 e. The van der Waals surface area contributed by atoms with E-state index in [-0.39, 0.29) is 31.2 Å². The number of hydrogen-bond donors (Lipinski definition) is 2. The summed E-state index contributed by atoms with van der Waals surface area (Å²) in [6.07, 6.45) is 0.670. The number of fused-ring (bicyclic) bond motifs is 1. The van der Waals surface area contributed by atoms with Gasteiger partial charge in [0.1, 0.15) is 29.1 Å². The minimum absolute atomic E-state index is 0.0581. The normalized spacial score (nSPS) is 17.0. The van der Waals surface area contributed by atoms with Crippen LogP contribution in [0, 0.1) is 11.6 Å².